The normalized spacial score (nSPS) is 16.1. The first-order valence-electron chi connectivity index (χ1n) is 9.67. The molecule has 1 atom stereocenters. The van der Waals surface area contributed by atoms with Crippen molar-refractivity contribution in [3.05, 3.63) is 53.7 Å². The monoisotopic (exact) mass is 385 g/mol. The third-order valence-corrected chi connectivity index (χ3v) is 5.18. The summed E-state index contributed by atoms with van der Waals surface area (Å²) in [6.07, 6.45) is 3.49. The molecule has 2 aromatic rings. The van der Waals surface area contributed by atoms with Gasteiger partial charge in [-0.3, -0.25) is 4.90 Å². The van der Waals surface area contributed by atoms with E-state index in [1.807, 2.05) is 24.4 Å². The summed E-state index contributed by atoms with van der Waals surface area (Å²) in [6.45, 7) is 4.91. The van der Waals surface area contributed by atoms with Crippen molar-refractivity contribution in [1.29, 1.82) is 0 Å². The highest BCUT2D eigenvalue weighted by Gasteiger charge is 2.18. The Morgan fingerprint density at radius 1 is 1.11 bits per heavy atom. The summed E-state index contributed by atoms with van der Waals surface area (Å²) in [5.74, 6) is -0.454. The van der Waals surface area contributed by atoms with Crippen molar-refractivity contribution in [1.82, 2.24) is 9.88 Å². The van der Waals surface area contributed by atoms with Crippen LogP contribution in [0.1, 0.15) is 41.3 Å². The zero-order valence-corrected chi connectivity index (χ0v) is 15.9. The SMILES string of the molecule is O=C(O)c1cc(C(O)CCCCN2CCN(c3ccccn3)CC2)ccc1O. The van der Waals surface area contributed by atoms with Crippen LogP contribution in [0.25, 0.3) is 0 Å². The van der Waals surface area contributed by atoms with Gasteiger partial charge in [0.25, 0.3) is 0 Å². The van der Waals surface area contributed by atoms with E-state index in [1.54, 1.807) is 6.07 Å². The molecule has 0 spiro atoms. The first kappa shape index (κ1) is 20.1. The van der Waals surface area contributed by atoms with Crippen LogP contribution in [0.2, 0.25) is 0 Å². The van der Waals surface area contributed by atoms with Crippen molar-refractivity contribution >= 4 is 11.8 Å². The van der Waals surface area contributed by atoms with Gasteiger partial charge in [-0.05, 0) is 55.6 Å². The highest BCUT2D eigenvalue weighted by atomic mass is 16.4. The molecule has 0 amide bonds. The zero-order chi connectivity index (χ0) is 19.9. The number of unbranched alkanes of at least 4 members (excludes halogenated alkanes) is 1. The van der Waals surface area contributed by atoms with Crippen molar-refractivity contribution in [2.45, 2.75) is 25.4 Å². The Morgan fingerprint density at radius 2 is 1.89 bits per heavy atom. The van der Waals surface area contributed by atoms with E-state index in [9.17, 15) is 15.0 Å². The van der Waals surface area contributed by atoms with E-state index in [1.165, 1.54) is 12.1 Å². The van der Waals surface area contributed by atoms with Crippen LogP contribution in [0, 0.1) is 0 Å². The van der Waals surface area contributed by atoms with E-state index in [0.29, 0.717) is 12.0 Å². The van der Waals surface area contributed by atoms with Gasteiger partial charge in [-0.25, -0.2) is 9.78 Å². The molecule has 7 nitrogen and oxygen atoms in total. The molecular formula is C21H27N3O4. The number of carboxylic acids is 1. The average Bonchev–Trinajstić information content (AvgIpc) is 2.72. The number of hydrogen-bond acceptors (Lipinski definition) is 6. The van der Waals surface area contributed by atoms with Crippen LogP contribution in [0.5, 0.6) is 5.75 Å². The number of carbonyl (C=O) groups is 1. The number of benzene rings is 1. The van der Waals surface area contributed by atoms with Crippen molar-refractivity contribution in [2.24, 2.45) is 0 Å². The standard InChI is InChI=1S/C21H27N3O4/c25-18(16-7-8-19(26)17(15-16)21(27)28)5-2-4-10-23-11-13-24(14-12-23)20-6-1-3-9-22-20/h1,3,6-9,15,18,25-26H,2,4-5,10-14H2,(H,27,28). The molecular weight excluding hydrogens is 358 g/mol. The predicted octanol–water partition coefficient (Wildman–Crippen LogP) is 2.51. The van der Waals surface area contributed by atoms with E-state index in [0.717, 1.165) is 51.4 Å². The number of aromatic carboxylic acids is 1. The van der Waals surface area contributed by atoms with Crippen LogP contribution < -0.4 is 4.90 Å². The Balaban J connectivity index is 1.38. The first-order valence-corrected chi connectivity index (χ1v) is 9.67. The molecule has 3 N–H and O–H groups in total. The minimum Gasteiger partial charge on any atom is -0.507 e. The van der Waals surface area contributed by atoms with Crippen molar-refractivity contribution in [3.63, 3.8) is 0 Å². The van der Waals surface area contributed by atoms with Gasteiger partial charge in [0, 0.05) is 32.4 Å². The van der Waals surface area contributed by atoms with E-state index >= 15 is 0 Å². The molecule has 0 saturated carbocycles. The van der Waals surface area contributed by atoms with Gasteiger partial charge >= 0.3 is 5.97 Å². The van der Waals surface area contributed by atoms with Gasteiger partial charge < -0.3 is 20.2 Å². The third kappa shape index (κ3) is 5.21. The van der Waals surface area contributed by atoms with Crippen molar-refractivity contribution < 1.29 is 20.1 Å². The fraction of sp³-hybridized carbons (Fsp3) is 0.429. The quantitative estimate of drug-likeness (QED) is 0.601. The molecule has 1 aromatic heterocycles. The summed E-state index contributed by atoms with van der Waals surface area (Å²) in [6, 6.07) is 10.2. The third-order valence-electron chi connectivity index (χ3n) is 5.18. The molecule has 1 fully saturated rings. The van der Waals surface area contributed by atoms with Gasteiger partial charge in [-0.1, -0.05) is 12.1 Å². The van der Waals surface area contributed by atoms with Crippen LogP contribution in [-0.4, -0.2) is 63.9 Å². The average molecular weight is 385 g/mol. The number of aromatic hydroxyl groups is 1. The largest absolute Gasteiger partial charge is 0.507 e. The summed E-state index contributed by atoms with van der Waals surface area (Å²) in [5.41, 5.74) is 0.349. The molecule has 1 aliphatic heterocycles. The highest BCUT2D eigenvalue weighted by Crippen LogP contribution is 2.25. The molecule has 1 aromatic carbocycles. The van der Waals surface area contributed by atoms with Crippen LogP contribution in [0.15, 0.2) is 42.6 Å². The second-order valence-corrected chi connectivity index (χ2v) is 7.11. The summed E-state index contributed by atoms with van der Waals surface area (Å²) >= 11 is 0. The van der Waals surface area contributed by atoms with E-state index in [-0.39, 0.29) is 11.3 Å². The Labute approximate surface area is 164 Å². The van der Waals surface area contributed by atoms with Gasteiger partial charge in [0.1, 0.15) is 17.1 Å². The topological polar surface area (TPSA) is 97.1 Å². The fourth-order valence-corrected chi connectivity index (χ4v) is 3.51. The van der Waals surface area contributed by atoms with Crippen LogP contribution in [0.4, 0.5) is 5.82 Å². The lowest BCUT2D eigenvalue weighted by Crippen LogP contribution is -2.46. The fourth-order valence-electron chi connectivity index (χ4n) is 3.51. The van der Waals surface area contributed by atoms with E-state index in [2.05, 4.69) is 14.8 Å². The number of pyridine rings is 1. The number of anilines is 1. The maximum Gasteiger partial charge on any atom is 0.339 e. The number of hydrogen-bond donors (Lipinski definition) is 3. The smallest absolute Gasteiger partial charge is 0.339 e. The van der Waals surface area contributed by atoms with Crippen LogP contribution in [-0.2, 0) is 0 Å². The van der Waals surface area contributed by atoms with Crippen molar-refractivity contribution in [3.8, 4) is 5.75 Å². The van der Waals surface area contributed by atoms with Gasteiger partial charge in [-0.2, -0.15) is 0 Å². The summed E-state index contributed by atoms with van der Waals surface area (Å²) in [4.78, 5) is 20.2. The minimum atomic E-state index is -1.20. The number of rotatable bonds is 8. The molecule has 2 heterocycles. The zero-order valence-electron chi connectivity index (χ0n) is 15.9. The minimum absolute atomic E-state index is 0.178. The summed E-state index contributed by atoms with van der Waals surface area (Å²) in [5, 5.41) is 28.9. The number of piperazine rings is 1. The number of carboxylic acid groups (broad SMARTS) is 1. The Bertz CT molecular complexity index is 776. The maximum atomic E-state index is 11.1. The number of nitrogens with zero attached hydrogens (tertiary/aromatic N) is 3. The molecule has 150 valence electrons. The number of phenols is 1. The predicted molar refractivity (Wildman–Crippen MR) is 107 cm³/mol. The number of aromatic nitrogens is 1. The van der Waals surface area contributed by atoms with Crippen molar-refractivity contribution in [2.75, 3.05) is 37.6 Å². The molecule has 0 aliphatic carbocycles. The van der Waals surface area contributed by atoms with Gasteiger partial charge in [-0.15, -0.1) is 0 Å². The lowest BCUT2D eigenvalue weighted by atomic mass is 10.0. The Hall–Kier alpha value is -2.64. The van der Waals surface area contributed by atoms with Crippen LogP contribution in [0.3, 0.4) is 0 Å². The van der Waals surface area contributed by atoms with Gasteiger partial charge in [0.15, 0.2) is 0 Å². The van der Waals surface area contributed by atoms with Gasteiger partial charge in [0.05, 0.1) is 6.10 Å². The molecule has 1 saturated heterocycles. The molecule has 3 rings (SSSR count). The maximum absolute atomic E-state index is 11.1. The second kappa shape index (κ2) is 9.52. The Morgan fingerprint density at radius 3 is 2.57 bits per heavy atom. The lowest BCUT2D eigenvalue weighted by molar-refractivity contribution is 0.0693. The van der Waals surface area contributed by atoms with E-state index in [4.69, 9.17) is 5.11 Å². The van der Waals surface area contributed by atoms with Crippen LogP contribution >= 0.6 is 0 Å². The molecule has 28 heavy (non-hydrogen) atoms. The second-order valence-electron chi connectivity index (χ2n) is 7.11. The number of aliphatic hydroxyl groups is 1. The molecule has 0 bridgehead atoms. The lowest BCUT2D eigenvalue weighted by Gasteiger charge is -2.35. The molecule has 0 radical (unpaired) electrons. The summed E-state index contributed by atoms with van der Waals surface area (Å²) < 4.78 is 0. The van der Waals surface area contributed by atoms with Gasteiger partial charge in [0.2, 0.25) is 0 Å². The number of aliphatic hydroxyl groups excluding tert-OH is 1. The summed E-state index contributed by atoms with van der Waals surface area (Å²) in [7, 11) is 0. The highest BCUT2D eigenvalue weighted by molar-refractivity contribution is 5.90. The van der Waals surface area contributed by atoms with E-state index < -0.39 is 12.1 Å². The molecule has 1 unspecified atom stereocenters. The first-order chi connectivity index (χ1) is 13.5. The Kier molecular flexibility index (Phi) is 6.84. The molecule has 1 aliphatic rings. The molecule has 7 heteroatoms.